The van der Waals surface area contributed by atoms with E-state index >= 15 is 0 Å². The maximum Gasteiger partial charge on any atom is 0.132 e. The minimum atomic E-state index is 0.559. The Morgan fingerprint density at radius 2 is 1.91 bits per heavy atom. The molecule has 0 aliphatic rings. The van der Waals surface area contributed by atoms with E-state index in [9.17, 15) is 0 Å². The van der Waals surface area contributed by atoms with Gasteiger partial charge in [-0.1, -0.05) is 31.2 Å². The Bertz CT molecular complexity index is 649. The number of nitriles is 1. The molecule has 0 spiro atoms. The molecule has 120 valence electrons. The van der Waals surface area contributed by atoms with Gasteiger partial charge in [0.2, 0.25) is 0 Å². The van der Waals surface area contributed by atoms with Gasteiger partial charge in [-0.05, 0) is 42.3 Å². The topological polar surface area (TPSA) is 45.0 Å². The smallest absolute Gasteiger partial charge is 0.132 e. The van der Waals surface area contributed by atoms with Gasteiger partial charge in [0.15, 0.2) is 0 Å². The van der Waals surface area contributed by atoms with Gasteiger partial charge in [-0.15, -0.1) is 11.8 Å². The maximum absolute atomic E-state index is 8.79. The molecule has 0 radical (unpaired) electrons. The molecule has 2 aromatic rings. The van der Waals surface area contributed by atoms with Gasteiger partial charge >= 0.3 is 0 Å². The van der Waals surface area contributed by atoms with Crippen LogP contribution in [0.1, 0.15) is 18.1 Å². The van der Waals surface area contributed by atoms with Gasteiger partial charge < -0.3 is 10.1 Å². The zero-order chi connectivity index (χ0) is 16.5. The van der Waals surface area contributed by atoms with Crippen LogP contribution in [-0.2, 0) is 6.54 Å². The first-order chi connectivity index (χ1) is 11.2. The van der Waals surface area contributed by atoms with Crippen molar-refractivity contribution in [2.75, 3.05) is 19.4 Å². The standard InChI is InChI=1S/C19H22N2OS/c1-15(14-23-19-6-4-3-5-18(19)22-2)12-21-13-17-9-7-16(11-20)8-10-17/h3-10,15,21H,12-14H2,1-2H3. The van der Waals surface area contributed by atoms with Gasteiger partial charge in [0, 0.05) is 17.2 Å². The molecule has 4 heteroatoms. The molecule has 0 aliphatic heterocycles. The third kappa shape index (κ3) is 5.63. The van der Waals surface area contributed by atoms with Gasteiger partial charge in [0.1, 0.15) is 5.75 Å². The molecule has 1 unspecified atom stereocenters. The van der Waals surface area contributed by atoms with Crippen molar-refractivity contribution in [3.05, 3.63) is 59.7 Å². The Morgan fingerprint density at radius 3 is 2.61 bits per heavy atom. The third-order valence-corrected chi connectivity index (χ3v) is 4.88. The molecule has 0 aliphatic carbocycles. The molecule has 3 nitrogen and oxygen atoms in total. The first kappa shape index (κ1) is 17.4. The Labute approximate surface area is 142 Å². The minimum absolute atomic E-state index is 0.559. The quantitative estimate of drug-likeness (QED) is 0.742. The average Bonchev–Trinajstić information content (AvgIpc) is 2.60. The molecule has 2 aromatic carbocycles. The summed E-state index contributed by atoms with van der Waals surface area (Å²) in [5, 5.41) is 12.3. The van der Waals surface area contributed by atoms with Crippen LogP contribution in [0.15, 0.2) is 53.4 Å². The molecule has 0 heterocycles. The highest BCUT2D eigenvalue weighted by atomic mass is 32.2. The van der Waals surface area contributed by atoms with Crippen LogP contribution in [0.25, 0.3) is 0 Å². The van der Waals surface area contributed by atoms with Crippen molar-refractivity contribution >= 4 is 11.8 Å². The molecule has 0 amide bonds. The Balaban J connectivity index is 1.72. The van der Waals surface area contributed by atoms with E-state index in [1.54, 1.807) is 7.11 Å². The van der Waals surface area contributed by atoms with Gasteiger partial charge in [-0.25, -0.2) is 0 Å². The summed E-state index contributed by atoms with van der Waals surface area (Å²) in [5.41, 5.74) is 1.91. The van der Waals surface area contributed by atoms with E-state index in [2.05, 4.69) is 24.4 Å². The zero-order valence-corrected chi connectivity index (χ0v) is 14.4. The molecular formula is C19H22N2OS. The Hall–Kier alpha value is -1.96. The third-order valence-electron chi connectivity index (χ3n) is 3.50. The van der Waals surface area contributed by atoms with Crippen LogP contribution in [-0.4, -0.2) is 19.4 Å². The molecule has 2 rings (SSSR count). The van der Waals surface area contributed by atoms with Crippen molar-refractivity contribution in [3.63, 3.8) is 0 Å². The number of nitrogens with zero attached hydrogens (tertiary/aromatic N) is 1. The van der Waals surface area contributed by atoms with Gasteiger partial charge in [0.05, 0.1) is 18.7 Å². The Kier molecular flexibility index (Phi) is 6.99. The normalized spacial score (nSPS) is 11.7. The predicted molar refractivity (Wildman–Crippen MR) is 95.7 cm³/mol. The first-order valence-corrected chi connectivity index (χ1v) is 8.67. The number of thioether (sulfide) groups is 1. The predicted octanol–water partition coefficient (Wildman–Crippen LogP) is 4.08. The number of hydrogen-bond acceptors (Lipinski definition) is 4. The summed E-state index contributed by atoms with van der Waals surface area (Å²) in [6.07, 6.45) is 0. The largest absolute Gasteiger partial charge is 0.496 e. The lowest BCUT2D eigenvalue weighted by Gasteiger charge is -2.14. The van der Waals surface area contributed by atoms with Crippen LogP contribution in [0.4, 0.5) is 0 Å². The summed E-state index contributed by atoms with van der Waals surface area (Å²) in [6, 6.07) is 18.0. The van der Waals surface area contributed by atoms with E-state index in [0.29, 0.717) is 11.5 Å². The summed E-state index contributed by atoms with van der Waals surface area (Å²) in [6.45, 7) is 4.03. The fourth-order valence-electron chi connectivity index (χ4n) is 2.19. The highest BCUT2D eigenvalue weighted by molar-refractivity contribution is 7.99. The highest BCUT2D eigenvalue weighted by Gasteiger charge is 2.06. The molecule has 0 saturated heterocycles. The SMILES string of the molecule is COc1ccccc1SCC(C)CNCc1ccc(C#N)cc1. The number of hydrogen-bond donors (Lipinski definition) is 1. The highest BCUT2D eigenvalue weighted by Crippen LogP contribution is 2.29. The van der Waals surface area contributed by atoms with Crippen LogP contribution in [0.5, 0.6) is 5.75 Å². The molecule has 0 saturated carbocycles. The number of ether oxygens (including phenoxy) is 1. The van der Waals surface area contributed by atoms with Crippen LogP contribution >= 0.6 is 11.8 Å². The van der Waals surface area contributed by atoms with Gasteiger partial charge in [0.25, 0.3) is 0 Å². The van der Waals surface area contributed by atoms with Crippen LogP contribution < -0.4 is 10.1 Å². The van der Waals surface area contributed by atoms with E-state index in [1.807, 2.05) is 54.2 Å². The van der Waals surface area contributed by atoms with Crippen molar-refractivity contribution < 1.29 is 4.74 Å². The molecule has 1 atom stereocenters. The molecule has 1 N–H and O–H groups in total. The van der Waals surface area contributed by atoms with Gasteiger partial charge in [-0.2, -0.15) is 5.26 Å². The fraction of sp³-hybridized carbons (Fsp3) is 0.316. The minimum Gasteiger partial charge on any atom is -0.496 e. The van der Waals surface area contributed by atoms with Crippen LogP contribution in [0, 0.1) is 17.2 Å². The van der Waals surface area contributed by atoms with Crippen molar-refractivity contribution in [1.29, 1.82) is 5.26 Å². The summed E-state index contributed by atoms with van der Waals surface area (Å²) in [7, 11) is 1.71. The lowest BCUT2D eigenvalue weighted by Crippen LogP contribution is -2.22. The molecular weight excluding hydrogens is 304 g/mol. The summed E-state index contributed by atoms with van der Waals surface area (Å²) in [5.74, 6) is 2.54. The second-order valence-electron chi connectivity index (χ2n) is 5.51. The van der Waals surface area contributed by atoms with Crippen molar-refractivity contribution in [2.24, 2.45) is 5.92 Å². The monoisotopic (exact) mass is 326 g/mol. The van der Waals surface area contributed by atoms with Crippen molar-refractivity contribution in [1.82, 2.24) is 5.32 Å². The second kappa shape index (κ2) is 9.24. The van der Waals surface area contributed by atoms with E-state index in [4.69, 9.17) is 10.00 Å². The lowest BCUT2D eigenvalue weighted by molar-refractivity contribution is 0.404. The zero-order valence-electron chi connectivity index (χ0n) is 13.6. The first-order valence-electron chi connectivity index (χ1n) is 7.68. The van der Waals surface area contributed by atoms with E-state index in [1.165, 1.54) is 10.5 Å². The van der Waals surface area contributed by atoms with Gasteiger partial charge in [-0.3, -0.25) is 0 Å². The lowest BCUT2D eigenvalue weighted by atomic mass is 10.1. The van der Waals surface area contributed by atoms with Crippen LogP contribution in [0.2, 0.25) is 0 Å². The van der Waals surface area contributed by atoms with Crippen LogP contribution in [0.3, 0.4) is 0 Å². The second-order valence-corrected chi connectivity index (χ2v) is 6.57. The van der Waals surface area contributed by atoms with E-state index < -0.39 is 0 Å². The van der Waals surface area contributed by atoms with E-state index in [0.717, 1.165) is 24.6 Å². The van der Waals surface area contributed by atoms with Crippen molar-refractivity contribution in [2.45, 2.75) is 18.4 Å². The number of methoxy groups -OCH3 is 1. The molecule has 0 fully saturated rings. The summed E-state index contributed by atoms with van der Waals surface area (Å²) < 4.78 is 5.38. The number of benzene rings is 2. The number of para-hydroxylation sites is 1. The van der Waals surface area contributed by atoms with Crippen molar-refractivity contribution in [3.8, 4) is 11.8 Å². The summed E-state index contributed by atoms with van der Waals surface area (Å²) in [4.78, 5) is 1.19. The fourth-order valence-corrected chi connectivity index (χ4v) is 3.24. The number of rotatable bonds is 8. The molecule has 0 bridgehead atoms. The molecule has 23 heavy (non-hydrogen) atoms. The molecule has 0 aromatic heterocycles. The maximum atomic E-state index is 8.79. The van der Waals surface area contributed by atoms with E-state index in [-0.39, 0.29) is 0 Å². The summed E-state index contributed by atoms with van der Waals surface area (Å²) >= 11 is 1.83. The number of nitrogens with one attached hydrogen (secondary N) is 1. The Morgan fingerprint density at radius 1 is 1.17 bits per heavy atom. The average molecular weight is 326 g/mol.